The van der Waals surface area contributed by atoms with E-state index in [1.807, 2.05) is 0 Å². The summed E-state index contributed by atoms with van der Waals surface area (Å²) in [6.07, 6.45) is 1.21. The lowest BCUT2D eigenvalue weighted by Crippen LogP contribution is -2.42. The number of carbonyl (C=O) groups is 1. The number of carbonyl (C=O) groups excluding carboxylic acids is 1. The fourth-order valence-electron chi connectivity index (χ4n) is 2.79. The summed E-state index contributed by atoms with van der Waals surface area (Å²) in [6, 6.07) is 2.98. The maximum absolute atomic E-state index is 13.1. The number of sulfonamides is 1. The van der Waals surface area contributed by atoms with E-state index in [9.17, 15) is 13.2 Å². The van der Waals surface area contributed by atoms with Crippen molar-refractivity contribution in [2.75, 3.05) is 33.9 Å². The predicted molar refractivity (Wildman–Crippen MR) is 95.4 cm³/mol. The van der Waals surface area contributed by atoms with Gasteiger partial charge in [-0.2, -0.15) is 4.31 Å². The number of esters is 1. The first-order valence-electron chi connectivity index (χ1n) is 7.93. The highest BCUT2D eigenvalue weighted by Gasteiger charge is 2.36. The molecule has 1 aromatic carbocycles. The molecule has 7 nitrogen and oxygen atoms in total. The SMILES string of the molecule is CCOC(=O)[C@H]1CCCN(S(=O)(=O)c2cc(OC)c(Br)cc2OC)C1. The molecule has 0 N–H and O–H groups in total. The number of hydrogen-bond acceptors (Lipinski definition) is 6. The van der Waals surface area contributed by atoms with Crippen LogP contribution >= 0.6 is 15.9 Å². The van der Waals surface area contributed by atoms with E-state index in [2.05, 4.69) is 15.9 Å². The fraction of sp³-hybridized carbons (Fsp3) is 0.562. The van der Waals surface area contributed by atoms with Crippen LogP contribution in [-0.4, -0.2) is 52.6 Å². The Morgan fingerprint density at radius 1 is 1.28 bits per heavy atom. The second kappa shape index (κ2) is 8.37. The van der Waals surface area contributed by atoms with Crippen molar-refractivity contribution < 1.29 is 27.4 Å². The first-order chi connectivity index (χ1) is 11.8. The third-order valence-electron chi connectivity index (χ3n) is 4.06. The monoisotopic (exact) mass is 435 g/mol. The number of piperidine rings is 1. The molecule has 0 radical (unpaired) electrons. The van der Waals surface area contributed by atoms with Crippen molar-refractivity contribution in [3.05, 3.63) is 16.6 Å². The minimum absolute atomic E-state index is 0.0135. The Hall–Kier alpha value is -1.32. The van der Waals surface area contributed by atoms with E-state index >= 15 is 0 Å². The molecule has 0 aromatic heterocycles. The van der Waals surface area contributed by atoms with Crippen molar-refractivity contribution in [3.63, 3.8) is 0 Å². The Morgan fingerprint density at radius 3 is 2.56 bits per heavy atom. The number of methoxy groups -OCH3 is 2. The molecule has 0 bridgehead atoms. The van der Waals surface area contributed by atoms with Gasteiger partial charge >= 0.3 is 5.97 Å². The molecule has 0 aliphatic carbocycles. The topological polar surface area (TPSA) is 82.1 Å². The van der Waals surface area contributed by atoms with Crippen LogP contribution in [0.1, 0.15) is 19.8 Å². The summed E-state index contributed by atoms with van der Waals surface area (Å²) in [5.41, 5.74) is 0. The number of hydrogen-bond donors (Lipinski definition) is 0. The molecule has 1 atom stereocenters. The largest absolute Gasteiger partial charge is 0.496 e. The Bertz CT molecular complexity index is 736. The first-order valence-corrected chi connectivity index (χ1v) is 10.2. The molecule has 1 saturated heterocycles. The Kier molecular flexibility index (Phi) is 6.70. The van der Waals surface area contributed by atoms with Crippen LogP contribution in [0.4, 0.5) is 0 Å². The molecule has 0 spiro atoms. The summed E-state index contributed by atoms with van der Waals surface area (Å²) >= 11 is 3.32. The standard InChI is InChI=1S/C16H22BrNO6S/c1-4-24-16(19)11-6-5-7-18(10-11)25(20,21)15-9-13(22-2)12(17)8-14(15)23-3/h8-9,11H,4-7,10H2,1-3H3/t11-/m0/s1. The smallest absolute Gasteiger partial charge is 0.310 e. The molecule has 1 fully saturated rings. The second-order valence-corrected chi connectivity index (χ2v) is 8.35. The highest BCUT2D eigenvalue weighted by Crippen LogP contribution is 2.37. The average Bonchev–Trinajstić information content (AvgIpc) is 2.61. The van der Waals surface area contributed by atoms with Crippen LogP contribution in [0.25, 0.3) is 0 Å². The average molecular weight is 436 g/mol. The molecular formula is C16H22BrNO6S. The highest BCUT2D eigenvalue weighted by molar-refractivity contribution is 9.10. The molecule has 140 valence electrons. The van der Waals surface area contributed by atoms with Crippen molar-refractivity contribution in [2.24, 2.45) is 5.92 Å². The minimum Gasteiger partial charge on any atom is -0.496 e. The Morgan fingerprint density at radius 2 is 1.96 bits per heavy atom. The van der Waals surface area contributed by atoms with Crippen molar-refractivity contribution in [1.29, 1.82) is 0 Å². The van der Waals surface area contributed by atoms with Gasteiger partial charge in [0.05, 0.1) is 31.2 Å². The van der Waals surface area contributed by atoms with Gasteiger partial charge in [0.25, 0.3) is 0 Å². The minimum atomic E-state index is -3.84. The van der Waals surface area contributed by atoms with Crippen LogP contribution < -0.4 is 9.47 Å². The molecule has 0 unspecified atom stereocenters. The van der Waals surface area contributed by atoms with Gasteiger partial charge in [-0.1, -0.05) is 0 Å². The van der Waals surface area contributed by atoms with E-state index in [-0.39, 0.29) is 29.8 Å². The quantitative estimate of drug-likeness (QED) is 0.638. The molecule has 0 saturated carbocycles. The zero-order chi connectivity index (χ0) is 18.6. The van der Waals surface area contributed by atoms with Gasteiger partial charge in [-0.25, -0.2) is 8.42 Å². The lowest BCUT2D eigenvalue weighted by Gasteiger charge is -2.31. The van der Waals surface area contributed by atoms with E-state index in [0.717, 1.165) is 0 Å². The maximum Gasteiger partial charge on any atom is 0.310 e. The number of rotatable bonds is 6. The van der Waals surface area contributed by atoms with Gasteiger partial charge in [0.15, 0.2) is 0 Å². The zero-order valence-corrected chi connectivity index (χ0v) is 16.9. The van der Waals surface area contributed by atoms with Crippen LogP contribution in [0.3, 0.4) is 0 Å². The van der Waals surface area contributed by atoms with Gasteiger partial charge in [0.1, 0.15) is 16.4 Å². The third-order valence-corrected chi connectivity index (χ3v) is 6.57. The van der Waals surface area contributed by atoms with Crippen LogP contribution in [0, 0.1) is 5.92 Å². The summed E-state index contributed by atoms with van der Waals surface area (Å²) < 4.78 is 43.6. The molecule has 1 aliphatic rings. The van der Waals surface area contributed by atoms with E-state index in [0.29, 0.717) is 29.6 Å². The van der Waals surface area contributed by atoms with Gasteiger partial charge < -0.3 is 14.2 Å². The van der Waals surface area contributed by atoms with Crippen molar-refractivity contribution in [1.82, 2.24) is 4.31 Å². The second-order valence-electron chi connectivity index (χ2n) is 5.59. The Labute approximate surface area is 156 Å². The summed E-state index contributed by atoms with van der Waals surface area (Å²) in [5, 5.41) is 0. The highest BCUT2D eigenvalue weighted by atomic mass is 79.9. The lowest BCUT2D eigenvalue weighted by molar-refractivity contribution is -0.149. The molecule has 1 aromatic rings. The molecule has 1 aliphatic heterocycles. The molecule has 25 heavy (non-hydrogen) atoms. The summed E-state index contributed by atoms with van der Waals surface area (Å²) in [7, 11) is -0.969. The summed E-state index contributed by atoms with van der Waals surface area (Å²) in [5.74, 6) is -0.209. The normalized spacial score (nSPS) is 18.6. The number of halogens is 1. The van der Waals surface area contributed by atoms with E-state index in [1.54, 1.807) is 13.0 Å². The number of benzene rings is 1. The molecule has 2 rings (SSSR count). The van der Waals surface area contributed by atoms with Gasteiger partial charge in [0, 0.05) is 19.2 Å². The van der Waals surface area contributed by atoms with E-state index in [1.165, 1.54) is 24.6 Å². The summed E-state index contributed by atoms with van der Waals surface area (Å²) in [6.45, 7) is 2.45. The molecule has 0 amide bonds. The third kappa shape index (κ3) is 4.27. The van der Waals surface area contributed by atoms with Crippen LogP contribution in [0.15, 0.2) is 21.5 Å². The number of nitrogens with zero attached hydrogens (tertiary/aromatic N) is 1. The van der Waals surface area contributed by atoms with Gasteiger partial charge in [-0.15, -0.1) is 0 Å². The molecule has 1 heterocycles. The lowest BCUT2D eigenvalue weighted by atomic mass is 10.0. The molecular weight excluding hydrogens is 414 g/mol. The number of ether oxygens (including phenoxy) is 3. The van der Waals surface area contributed by atoms with Crippen LogP contribution in [0.2, 0.25) is 0 Å². The van der Waals surface area contributed by atoms with E-state index in [4.69, 9.17) is 14.2 Å². The van der Waals surface area contributed by atoms with Crippen molar-refractivity contribution >= 4 is 31.9 Å². The summed E-state index contributed by atoms with van der Waals surface area (Å²) in [4.78, 5) is 12.0. The Balaban J connectivity index is 2.36. The van der Waals surface area contributed by atoms with Gasteiger partial charge in [0.2, 0.25) is 10.0 Å². The van der Waals surface area contributed by atoms with Crippen LogP contribution in [0.5, 0.6) is 11.5 Å². The zero-order valence-electron chi connectivity index (χ0n) is 14.5. The predicted octanol–water partition coefficient (Wildman–Crippen LogP) is 2.43. The maximum atomic E-state index is 13.1. The molecule has 9 heteroatoms. The first kappa shape index (κ1) is 20.0. The van der Waals surface area contributed by atoms with Crippen LogP contribution in [-0.2, 0) is 19.6 Å². The van der Waals surface area contributed by atoms with Crippen molar-refractivity contribution in [3.8, 4) is 11.5 Å². The van der Waals surface area contributed by atoms with Gasteiger partial charge in [-0.3, -0.25) is 4.79 Å². The van der Waals surface area contributed by atoms with E-state index < -0.39 is 15.9 Å². The van der Waals surface area contributed by atoms with Crippen molar-refractivity contribution in [2.45, 2.75) is 24.7 Å². The fourth-order valence-corrected chi connectivity index (χ4v) is 4.95. The van der Waals surface area contributed by atoms with Gasteiger partial charge in [-0.05, 0) is 41.8 Å².